The normalized spacial score (nSPS) is 13.2. The summed E-state index contributed by atoms with van der Waals surface area (Å²) in [5.41, 5.74) is 7.89. The largest absolute Gasteiger partial charge is 0.493 e. The Bertz CT molecular complexity index is 1720. The van der Waals surface area contributed by atoms with E-state index in [0.29, 0.717) is 35.3 Å². The van der Waals surface area contributed by atoms with Gasteiger partial charge in [0.2, 0.25) is 0 Å². The van der Waals surface area contributed by atoms with E-state index >= 15 is 0 Å². The van der Waals surface area contributed by atoms with Gasteiger partial charge in [-0.3, -0.25) is 9.88 Å². The molecule has 1 aromatic heterocycles. The van der Waals surface area contributed by atoms with E-state index in [0.717, 1.165) is 90.3 Å². The summed E-state index contributed by atoms with van der Waals surface area (Å²) in [6.07, 6.45) is 8.57. The molecule has 5 rings (SSSR count). The number of ether oxygens (including phenoxy) is 3. The number of aliphatic hydroxyl groups is 1. The highest BCUT2D eigenvalue weighted by Gasteiger charge is 2.18. The lowest BCUT2D eigenvalue weighted by atomic mass is 9.93. The molecule has 3 aromatic carbocycles. The molecule has 49 heavy (non-hydrogen) atoms. The van der Waals surface area contributed by atoms with E-state index in [9.17, 15) is 5.26 Å². The summed E-state index contributed by atoms with van der Waals surface area (Å²) < 4.78 is 18.9. The highest BCUT2D eigenvalue weighted by molar-refractivity contribution is 6.32. The second-order valence-electron chi connectivity index (χ2n) is 12.5. The molecule has 0 aliphatic carbocycles. The van der Waals surface area contributed by atoms with E-state index in [1.165, 1.54) is 19.3 Å². The van der Waals surface area contributed by atoms with Crippen LogP contribution in [-0.2, 0) is 19.8 Å². The number of nitriles is 1. The summed E-state index contributed by atoms with van der Waals surface area (Å²) in [5, 5.41) is 22.1. The van der Waals surface area contributed by atoms with Crippen LogP contribution < -0.4 is 19.5 Å². The Kier molecular flexibility index (Phi) is 13.7. The van der Waals surface area contributed by atoms with Crippen molar-refractivity contribution in [1.29, 1.82) is 5.26 Å². The number of aromatic nitrogens is 1. The van der Waals surface area contributed by atoms with Gasteiger partial charge in [0.1, 0.15) is 36.5 Å². The number of hydrogen-bond donors (Lipinski definition) is 2. The first-order valence-electron chi connectivity index (χ1n) is 17.2. The summed E-state index contributed by atoms with van der Waals surface area (Å²) in [5.74, 6) is 2.16. The molecule has 0 radical (unpaired) electrons. The number of likely N-dealkylation sites (tertiary alicyclic amines) is 1. The lowest BCUT2D eigenvalue weighted by Gasteiger charge is -2.27. The average molecular weight is 683 g/mol. The van der Waals surface area contributed by atoms with Crippen LogP contribution in [0.15, 0.2) is 67.0 Å². The van der Waals surface area contributed by atoms with Crippen LogP contribution in [0.25, 0.3) is 11.1 Å². The molecule has 2 heterocycles. The molecule has 0 amide bonds. The number of piperidine rings is 1. The monoisotopic (exact) mass is 682 g/mol. The van der Waals surface area contributed by atoms with E-state index < -0.39 is 0 Å². The molecular weight excluding hydrogens is 636 g/mol. The number of benzene rings is 3. The summed E-state index contributed by atoms with van der Waals surface area (Å²) in [4.78, 5) is 6.62. The molecule has 0 unspecified atom stereocenters. The third-order valence-electron chi connectivity index (χ3n) is 8.95. The molecule has 1 aliphatic heterocycles. The van der Waals surface area contributed by atoms with Crippen molar-refractivity contribution in [2.75, 3.05) is 39.4 Å². The smallest absolute Gasteiger partial charge is 0.142 e. The van der Waals surface area contributed by atoms with Crippen molar-refractivity contribution in [2.24, 2.45) is 0 Å². The number of halogens is 1. The number of rotatable bonds is 17. The molecule has 1 aliphatic rings. The number of nitrogens with one attached hydrogen (secondary N) is 1. The van der Waals surface area contributed by atoms with Gasteiger partial charge in [-0.05, 0) is 112 Å². The van der Waals surface area contributed by atoms with Gasteiger partial charge >= 0.3 is 0 Å². The van der Waals surface area contributed by atoms with Crippen molar-refractivity contribution in [1.82, 2.24) is 15.2 Å². The lowest BCUT2D eigenvalue weighted by Crippen LogP contribution is -2.29. The molecule has 1 saturated heterocycles. The Hall–Kier alpha value is -4.13. The first-order valence-corrected chi connectivity index (χ1v) is 17.6. The minimum atomic E-state index is 0.206. The van der Waals surface area contributed by atoms with E-state index in [2.05, 4.69) is 59.4 Å². The second kappa shape index (κ2) is 18.6. The summed E-state index contributed by atoms with van der Waals surface area (Å²) in [6, 6.07) is 20.3. The third-order valence-corrected chi connectivity index (χ3v) is 9.24. The highest BCUT2D eigenvalue weighted by Crippen LogP contribution is 2.37. The van der Waals surface area contributed by atoms with Crippen LogP contribution in [0, 0.1) is 25.2 Å². The zero-order chi connectivity index (χ0) is 34.4. The molecule has 9 heteroatoms. The molecule has 8 nitrogen and oxygen atoms in total. The predicted octanol–water partition coefficient (Wildman–Crippen LogP) is 7.78. The van der Waals surface area contributed by atoms with Crippen LogP contribution in [0.2, 0.25) is 5.02 Å². The van der Waals surface area contributed by atoms with Crippen molar-refractivity contribution in [3.05, 3.63) is 105 Å². The number of nitrogens with zero attached hydrogens (tertiary/aromatic N) is 3. The molecule has 0 atom stereocenters. The third kappa shape index (κ3) is 10.2. The van der Waals surface area contributed by atoms with Crippen molar-refractivity contribution in [3.8, 4) is 34.4 Å². The van der Waals surface area contributed by atoms with Gasteiger partial charge in [-0.2, -0.15) is 5.26 Å². The predicted molar refractivity (Wildman–Crippen MR) is 194 cm³/mol. The number of pyridine rings is 1. The summed E-state index contributed by atoms with van der Waals surface area (Å²) in [6.45, 7) is 10.2. The first kappa shape index (κ1) is 36.2. The summed E-state index contributed by atoms with van der Waals surface area (Å²) >= 11 is 6.86. The van der Waals surface area contributed by atoms with E-state index in [-0.39, 0.29) is 13.2 Å². The second-order valence-corrected chi connectivity index (χ2v) is 13.0. The Balaban J connectivity index is 1.30. The van der Waals surface area contributed by atoms with Gasteiger partial charge in [0.05, 0.1) is 17.2 Å². The minimum absolute atomic E-state index is 0.206. The van der Waals surface area contributed by atoms with Gasteiger partial charge in [0.25, 0.3) is 0 Å². The fraction of sp³-hybridized carbons (Fsp3) is 0.400. The SMILES string of the molecule is Cc1c(COc2cc(OCc3cncc(C#N)c3)c(CN3CCCCC3)cc2Cl)cccc1-c1cccc(OCCCNCCCO)c1C. The molecule has 2 N–H and O–H groups in total. The molecule has 258 valence electrons. The Morgan fingerprint density at radius 3 is 2.39 bits per heavy atom. The van der Waals surface area contributed by atoms with Crippen LogP contribution in [0.1, 0.15) is 65.5 Å². The standard InChI is InChI=1S/C40H47ClN4O4/c1-29-33(10-6-11-35(29)36-12-7-13-38(30(36)2)47-19-9-15-43-14-8-18-46)28-49-40-22-39(48-27-32-20-31(23-42)24-44-25-32)34(21-37(40)41)26-45-16-4-3-5-17-45/h6-7,10-13,20-22,24-25,43,46H,3-5,8-9,14-19,26-28H2,1-2H3. The van der Waals surface area contributed by atoms with Crippen LogP contribution in [0.5, 0.6) is 17.2 Å². The van der Waals surface area contributed by atoms with E-state index in [4.69, 9.17) is 30.9 Å². The maximum atomic E-state index is 9.31. The van der Waals surface area contributed by atoms with Gasteiger partial charge in [0, 0.05) is 42.7 Å². The molecule has 1 fully saturated rings. The van der Waals surface area contributed by atoms with Gasteiger partial charge in [-0.1, -0.05) is 48.4 Å². The lowest BCUT2D eigenvalue weighted by molar-refractivity contribution is 0.214. The van der Waals surface area contributed by atoms with E-state index in [1.807, 2.05) is 24.3 Å². The van der Waals surface area contributed by atoms with Crippen molar-refractivity contribution < 1.29 is 19.3 Å². The summed E-state index contributed by atoms with van der Waals surface area (Å²) in [7, 11) is 0. The Morgan fingerprint density at radius 2 is 1.59 bits per heavy atom. The highest BCUT2D eigenvalue weighted by atomic mass is 35.5. The minimum Gasteiger partial charge on any atom is -0.493 e. The zero-order valence-corrected chi connectivity index (χ0v) is 29.4. The van der Waals surface area contributed by atoms with Crippen molar-refractivity contribution in [2.45, 2.75) is 65.7 Å². The molecule has 0 saturated carbocycles. The Morgan fingerprint density at radius 1 is 0.837 bits per heavy atom. The fourth-order valence-corrected chi connectivity index (χ4v) is 6.39. The van der Waals surface area contributed by atoms with Gasteiger partial charge < -0.3 is 24.6 Å². The van der Waals surface area contributed by atoms with Crippen molar-refractivity contribution in [3.63, 3.8) is 0 Å². The quantitative estimate of drug-likeness (QED) is 0.109. The molecule has 0 spiro atoms. The van der Waals surface area contributed by atoms with Crippen LogP contribution in [0.3, 0.4) is 0 Å². The van der Waals surface area contributed by atoms with Gasteiger partial charge in [-0.15, -0.1) is 0 Å². The van der Waals surface area contributed by atoms with Gasteiger partial charge in [0.15, 0.2) is 0 Å². The zero-order valence-electron chi connectivity index (χ0n) is 28.6. The van der Waals surface area contributed by atoms with E-state index in [1.54, 1.807) is 18.5 Å². The molecule has 4 aromatic rings. The maximum absolute atomic E-state index is 9.31. The van der Waals surface area contributed by atoms with Crippen LogP contribution in [-0.4, -0.2) is 54.4 Å². The van der Waals surface area contributed by atoms with Crippen LogP contribution in [0.4, 0.5) is 0 Å². The maximum Gasteiger partial charge on any atom is 0.142 e. The van der Waals surface area contributed by atoms with Crippen LogP contribution >= 0.6 is 11.6 Å². The first-order chi connectivity index (χ1) is 24.0. The topological polar surface area (TPSA) is 99.9 Å². The van der Waals surface area contributed by atoms with Crippen molar-refractivity contribution >= 4 is 11.6 Å². The number of hydrogen-bond acceptors (Lipinski definition) is 8. The van der Waals surface area contributed by atoms with Gasteiger partial charge in [-0.25, -0.2) is 0 Å². The Labute approximate surface area is 295 Å². The fourth-order valence-electron chi connectivity index (χ4n) is 6.15. The average Bonchev–Trinajstić information content (AvgIpc) is 3.12. The number of aliphatic hydroxyl groups excluding tert-OH is 1. The molecule has 0 bridgehead atoms. The molecular formula is C40H47ClN4O4.